The Bertz CT molecular complexity index is 938. The van der Waals surface area contributed by atoms with E-state index in [1.54, 1.807) is 6.08 Å². The number of aliphatic hydroxyl groups excluding tert-OH is 1. The number of nitrogens with one attached hydrogen (secondary N) is 1. The van der Waals surface area contributed by atoms with Crippen LogP contribution < -0.4 is 5.32 Å². The lowest BCUT2D eigenvalue weighted by molar-refractivity contribution is -0.870. The van der Waals surface area contributed by atoms with E-state index in [9.17, 15) is 19.4 Å². The monoisotopic (exact) mass is 786 g/mol. The van der Waals surface area contributed by atoms with Crippen LogP contribution in [0.1, 0.15) is 206 Å². The third kappa shape index (κ3) is 39.2. The van der Waals surface area contributed by atoms with E-state index in [-0.39, 0.29) is 19.1 Å². The SMILES string of the molecule is CCCCCCCCCC/C=C\CCCCCCCCCCCC(=O)NC(COP(=O)(O)OCC[N+](C)(C)C)C(O)/C=C/CCCCCCCCCCC. The number of amides is 1. The number of nitrogens with zero attached hydrogens (tertiary/aromatic N) is 1. The summed E-state index contributed by atoms with van der Waals surface area (Å²) in [5.74, 6) is -0.180. The molecule has 1 amide bonds. The van der Waals surface area contributed by atoms with Gasteiger partial charge in [0, 0.05) is 6.42 Å². The molecule has 0 aliphatic rings. The highest BCUT2D eigenvalue weighted by Gasteiger charge is 2.27. The van der Waals surface area contributed by atoms with E-state index in [0.717, 1.165) is 38.5 Å². The maximum absolute atomic E-state index is 12.9. The average Bonchev–Trinajstić information content (AvgIpc) is 3.12. The van der Waals surface area contributed by atoms with Gasteiger partial charge in [-0.2, -0.15) is 0 Å². The number of carbonyl (C=O) groups is 1. The van der Waals surface area contributed by atoms with Gasteiger partial charge in [-0.3, -0.25) is 13.8 Å². The van der Waals surface area contributed by atoms with Gasteiger partial charge in [0.05, 0.1) is 39.9 Å². The first-order valence-corrected chi connectivity index (χ1v) is 24.2. The number of likely N-dealkylation sites (N-methyl/N-ethyl adjacent to an activating group) is 1. The van der Waals surface area contributed by atoms with Gasteiger partial charge < -0.3 is 19.8 Å². The zero-order valence-electron chi connectivity index (χ0n) is 36.2. The van der Waals surface area contributed by atoms with Gasteiger partial charge in [-0.25, -0.2) is 4.57 Å². The smallest absolute Gasteiger partial charge is 0.387 e. The standard InChI is InChI=1S/C45H89N2O6P/c1-6-8-10-12-14-16-18-19-20-21-22-23-24-25-26-27-29-31-33-35-37-39-45(49)46-43(42-53-54(50,51)52-41-40-47(3,4)5)44(48)38-36-34-32-30-28-17-15-13-11-9-7-2/h21-22,36,38,43-44,48H,6-20,23-35,37,39-42H2,1-5H3,(H-,46,49,50,51)/p+1/b22-21-,38-36+. The van der Waals surface area contributed by atoms with Crippen molar-refractivity contribution in [2.75, 3.05) is 40.9 Å². The zero-order valence-corrected chi connectivity index (χ0v) is 37.1. The van der Waals surface area contributed by atoms with Gasteiger partial charge in [0.2, 0.25) is 5.91 Å². The minimum Gasteiger partial charge on any atom is -0.387 e. The van der Waals surface area contributed by atoms with Crippen molar-refractivity contribution in [1.29, 1.82) is 0 Å². The van der Waals surface area contributed by atoms with E-state index in [2.05, 4.69) is 31.3 Å². The first-order chi connectivity index (χ1) is 26.0. The normalized spacial score (nSPS) is 14.6. The van der Waals surface area contributed by atoms with Gasteiger partial charge in [-0.15, -0.1) is 0 Å². The fourth-order valence-electron chi connectivity index (χ4n) is 6.51. The van der Waals surface area contributed by atoms with Crippen molar-refractivity contribution in [2.45, 2.75) is 219 Å². The third-order valence-electron chi connectivity index (χ3n) is 10.2. The van der Waals surface area contributed by atoms with E-state index >= 15 is 0 Å². The molecule has 0 heterocycles. The summed E-state index contributed by atoms with van der Waals surface area (Å²) in [6.07, 6.45) is 43.9. The highest BCUT2D eigenvalue weighted by atomic mass is 31.2. The van der Waals surface area contributed by atoms with Gasteiger partial charge in [0.15, 0.2) is 0 Å². The summed E-state index contributed by atoms with van der Waals surface area (Å²) in [6, 6.07) is -0.843. The molecule has 0 aromatic rings. The van der Waals surface area contributed by atoms with E-state index in [1.165, 1.54) is 148 Å². The topological polar surface area (TPSA) is 105 Å². The molecular weight excluding hydrogens is 695 g/mol. The lowest BCUT2D eigenvalue weighted by Crippen LogP contribution is -2.45. The molecule has 320 valence electrons. The Morgan fingerprint density at radius 2 is 1.00 bits per heavy atom. The second kappa shape index (κ2) is 37.6. The Kier molecular flexibility index (Phi) is 36.8. The number of allylic oxidation sites excluding steroid dienone is 3. The first-order valence-electron chi connectivity index (χ1n) is 22.7. The maximum Gasteiger partial charge on any atom is 0.472 e. The van der Waals surface area contributed by atoms with E-state index in [0.29, 0.717) is 17.4 Å². The molecule has 0 radical (unpaired) electrons. The lowest BCUT2D eigenvalue weighted by Gasteiger charge is -2.25. The fraction of sp³-hybridized carbons (Fsp3) is 0.889. The molecule has 0 saturated heterocycles. The summed E-state index contributed by atoms with van der Waals surface area (Å²) in [5.41, 5.74) is 0. The Hall–Kier alpha value is -1.02. The minimum atomic E-state index is -4.33. The zero-order chi connectivity index (χ0) is 40.0. The largest absolute Gasteiger partial charge is 0.472 e. The highest BCUT2D eigenvalue weighted by Crippen LogP contribution is 2.43. The highest BCUT2D eigenvalue weighted by molar-refractivity contribution is 7.47. The van der Waals surface area contributed by atoms with Crippen molar-refractivity contribution in [2.24, 2.45) is 0 Å². The van der Waals surface area contributed by atoms with Crippen molar-refractivity contribution < 1.29 is 32.9 Å². The van der Waals surface area contributed by atoms with E-state index in [4.69, 9.17) is 9.05 Å². The summed E-state index contributed by atoms with van der Waals surface area (Å²) in [4.78, 5) is 23.1. The van der Waals surface area contributed by atoms with Crippen LogP contribution in [0, 0.1) is 0 Å². The molecule has 0 aromatic heterocycles. The molecule has 54 heavy (non-hydrogen) atoms. The molecule has 0 aliphatic carbocycles. The Labute approximate surface area is 334 Å². The van der Waals surface area contributed by atoms with Crippen molar-refractivity contribution in [3.05, 3.63) is 24.3 Å². The average molecular weight is 786 g/mol. The molecule has 0 aliphatic heterocycles. The quantitative estimate of drug-likeness (QED) is 0.0247. The molecule has 9 heteroatoms. The number of quaternary nitrogens is 1. The number of unbranched alkanes of at least 4 members (excludes halogenated alkanes) is 26. The molecule has 3 N–H and O–H groups in total. The van der Waals surface area contributed by atoms with Gasteiger partial charge in [-0.05, 0) is 44.9 Å². The van der Waals surface area contributed by atoms with Gasteiger partial charge >= 0.3 is 7.82 Å². The Balaban J connectivity index is 4.29. The number of phosphoric acid groups is 1. The molecule has 0 spiro atoms. The molecule has 0 saturated carbocycles. The molecular formula is C45H90N2O6P+. The lowest BCUT2D eigenvalue weighted by atomic mass is 10.0. The number of hydrogen-bond donors (Lipinski definition) is 3. The van der Waals surface area contributed by atoms with Crippen molar-refractivity contribution in [3.63, 3.8) is 0 Å². The van der Waals surface area contributed by atoms with Crippen molar-refractivity contribution in [3.8, 4) is 0 Å². The molecule has 3 atom stereocenters. The van der Waals surface area contributed by atoms with Gasteiger partial charge in [0.25, 0.3) is 0 Å². The summed E-state index contributed by atoms with van der Waals surface area (Å²) < 4.78 is 23.5. The minimum absolute atomic E-state index is 0.0621. The molecule has 0 aromatic carbocycles. The van der Waals surface area contributed by atoms with Gasteiger partial charge in [0.1, 0.15) is 13.2 Å². The maximum atomic E-state index is 12.9. The molecule has 0 fully saturated rings. The Morgan fingerprint density at radius 3 is 1.43 bits per heavy atom. The predicted octanol–water partition coefficient (Wildman–Crippen LogP) is 12.5. The molecule has 3 unspecified atom stereocenters. The van der Waals surface area contributed by atoms with Crippen LogP contribution in [0.3, 0.4) is 0 Å². The second-order valence-electron chi connectivity index (χ2n) is 16.8. The van der Waals surface area contributed by atoms with Crippen molar-refractivity contribution in [1.82, 2.24) is 5.32 Å². The molecule has 0 bridgehead atoms. The van der Waals surface area contributed by atoms with Crippen LogP contribution in [-0.4, -0.2) is 73.4 Å². The first kappa shape index (κ1) is 53.0. The van der Waals surface area contributed by atoms with Crippen LogP contribution in [0.5, 0.6) is 0 Å². The summed E-state index contributed by atoms with van der Waals surface area (Å²) in [6.45, 7) is 4.80. The number of phosphoric ester groups is 1. The van der Waals surface area contributed by atoms with E-state index in [1.807, 2.05) is 27.2 Å². The van der Waals surface area contributed by atoms with E-state index < -0.39 is 20.0 Å². The Morgan fingerprint density at radius 1 is 0.611 bits per heavy atom. The van der Waals surface area contributed by atoms with Crippen LogP contribution in [-0.2, 0) is 18.4 Å². The van der Waals surface area contributed by atoms with Crippen LogP contribution >= 0.6 is 7.82 Å². The molecule has 8 nitrogen and oxygen atoms in total. The number of aliphatic hydroxyl groups is 1. The fourth-order valence-corrected chi connectivity index (χ4v) is 7.24. The van der Waals surface area contributed by atoms with Crippen LogP contribution in [0.25, 0.3) is 0 Å². The number of carbonyl (C=O) groups excluding carboxylic acids is 1. The third-order valence-corrected chi connectivity index (χ3v) is 11.1. The van der Waals surface area contributed by atoms with Crippen LogP contribution in [0.4, 0.5) is 0 Å². The summed E-state index contributed by atoms with van der Waals surface area (Å²) in [5, 5.41) is 13.8. The summed E-state index contributed by atoms with van der Waals surface area (Å²) >= 11 is 0. The van der Waals surface area contributed by atoms with Gasteiger partial charge in [-0.1, -0.05) is 179 Å². The predicted molar refractivity (Wildman–Crippen MR) is 231 cm³/mol. The number of rotatable bonds is 41. The summed E-state index contributed by atoms with van der Waals surface area (Å²) in [7, 11) is 1.57. The second-order valence-corrected chi connectivity index (χ2v) is 18.2. The van der Waals surface area contributed by atoms with Crippen LogP contribution in [0.15, 0.2) is 24.3 Å². The van der Waals surface area contributed by atoms with Crippen LogP contribution in [0.2, 0.25) is 0 Å². The number of hydrogen-bond acceptors (Lipinski definition) is 5. The van der Waals surface area contributed by atoms with Crippen molar-refractivity contribution >= 4 is 13.7 Å². The molecule has 0 rings (SSSR count).